The van der Waals surface area contributed by atoms with Gasteiger partial charge in [0.15, 0.2) is 0 Å². The van der Waals surface area contributed by atoms with Crippen LogP contribution in [-0.4, -0.2) is 26.4 Å². The number of rotatable bonds is 2. The molecule has 2 N–H and O–H groups in total. The molecular formula is C17H12ClFN4O2S. The number of aromatic amines is 1. The second-order valence-electron chi connectivity index (χ2n) is 5.65. The molecule has 1 atom stereocenters. The number of nitrogens with zero attached hydrogens (tertiary/aromatic N) is 2. The highest BCUT2D eigenvalue weighted by atomic mass is 35.5. The van der Waals surface area contributed by atoms with Gasteiger partial charge in [-0.3, -0.25) is 9.59 Å². The summed E-state index contributed by atoms with van der Waals surface area (Å²) in [6.45, 7) is 0. The Bertz CT molecular complexity index is 1060. The first-order valence-electron chi connectivity index (χ1n) is 7.67. The van der Waals surface area contributed by atoms with Crippen molar-refractivity contribution in [3.63, 3.8) is 0 Å². The molecule has 6 nitrogen and oxygen atoms in total. The molecule has 0 aliphatic carbocycles. The topological polar surface area (TPSA) is 79.8 Å². The number of fused-ring (bicyclic) bond motifs is 1. The van der Waals surface area contributed by atoms with Gasteiger partial charge >= 0.3 is 0 Å². The van der Waals surface area contributed by atoms with E-state index < -0.39 is 11.1 Å². The number of halogens is 2. The third kappa shape index (κ3) is 2.91. The maximum absolute atomic E-state index is 14.3. The van der Waals surface area contributed by atoms with Crippen LogP contribution >= 0.6 is 23.4 Å². The van der Waals surface area contributed by atoms with Crippen LogP contribution in [0.3, 0.4) is 0 Å². The van der Waals surface area contributed by atoms with E-state index in [4.69, 9.17) is 11.6 Å². The zero-order valence-electron chi connectivity index (χ0n) is 13.2. The molecule has 0 fully saturated rings. The molecular weight excluding hydrogens is 379 g/mol. The maximum Gasteiger partial charge on any atom is 0.252 e. The SMILES string of the molecule is O=C1CS[C@@H](c2ccc[nH]c2=O)c2cnn(-c3ccc(Cl)cc3F)c2N1. The van der Waals surface area contributed by atoms with Gasteiger partial charge < -0.3 is 10.3 Å². The number of amides is 1. The lowest BCUT2D eigenvalue weighted by Crippen LogP contribution is -2.16. The van der Waals surface area contributed by atoms with Crippen molar-refractivity contribution in [3.05, 3.63) is 75.0 Å². The minimum atomic E-state index is -0.566. The third-order valence-electron chi connectivity index (χ3n) is 3.99. The first-order chi connectivity index (χ1) is 12.5. The molecule has 0 bridgehead atoms. The van der Waals surface area contributed by atoms with E-state index in [2.05, 4.69) is 15.4 Å². The Hall–Kier alpha value is -2.58. The Morgan fingerprint density at radius 3 is 2.88 bits per heavy atom. The van der Waals surface area contributed by atoms with Crippen LogP contribution in [-0.2, 0) is 4.79 Å². The number of carbonyl (C=O) groups is 1. The smallest absolute Gasteiger partial charge is 0.252 e. The van der Waals surface area contributed by atoms with Gasteiger partial charge in [0, 0.05) is 22.3 Å². The van der Waals surface area contributed by atoms with Gasteiger partial charge in [0.25, 0.3) is 5.56 Å². The summed E-state index contributed by atoms with van der Waals surface area (Å²) >= 11 is 7.13. The lowest BCUT2D eigenvalue weighted by molar-refractivity contribution is -0.113. The predicted octanol–water partition coefficient (Wildman–Crippen LogP) is 3.13. The highest BCUT2D eigenvalue weighted by molar-refractivity contribution is 8.00. The van der Waals surface area contributed by atoms with Crippen molar-refractivity contribution in [2.24, 2.45) is 0 Å². The molecule has 0 saturated carbocycles. The normalized spacial score (nSPS) is 16.7. The van der Waals surface area contributed by atoms with Crippen molar-refractivity contribution in [3.8, 4) is 5.69 Å². The fourth-order valence-electron chi connectivity index (χ4n) is 2.83. The van der Waals surface area contributed by atoms with Gasteiger partial charge in [-0.15, -0.1) is 11.8 Å². The summed E-state index contributed by atoms with van der Waals surface area (Å²) in [5.41, 5.74) is 1.05. The van der Waals surface area contributed by atoms with E-state index in [0.29, 0.717) is 16.9 Å². The van der Waals surface area contributed by atoms with Gasteiger partial charge in [0.2, 0.25) is 5.91 Å². The molecule has 1 aromatic carbocycles. The van der Waals surface area contributed by atoms with E-state index in [1.807, 2.05) is 0 Å². The molecule has 3 heterocycles. The molecule has 4 rings (SSSR count). The van der Waals surface area contributed by atoms with Gasteiger partial charge in [-0.05, 0) is 24.3 Å². The van der Waals surface area contributed by atoms with Crippen molar-refractivity contribution in [2.45, 2.75) is 5.25 Å². The zero-order chi connectivity index (χ0) is 18.3. The molecule has 1 amide bonds. The Kier molecular flexibility index (Phi) is 4.29. The molecule has 0 radical (unpaired) electrons. The summed E-state index contributed by atoms with van der Waals surface area (Å²) < 4.78 is 15.7. The van der Waals surface area contributed by atoms with Gasteiger partial charge in [-0.1, -0.05) is 17.7 Å². The average molecular weight is 391 g/mol. The van der Waals surface area contributed by atoms with E-state index in [1.165, 1.54) is 28.6 Å². The van der Waals surface area contributed by atoms with Gasteiger partial charge in [-0.2, -0.15) is 5.10 Å². The fourth-order valence-corrected chi connectivity index (χ4v) is 4.10. The van der Waals surface area contributed by atoms with Crippen molar-refractivity contribution < 1.29 is 9.18 Å². The van der Waals surface area contributed by atoms with E-state index >= 15 is 0 Å². The van der Waals surface area contributed by atoms with Gasteiger partial charge in [-0.25, -0.2) is 9.07 Å². The van der Waals surface area contributed by atoms with Crippen molar-refractivity contribution in [1.82, 2.24) is 14.8 Å². The van der Waals surface area contributed by atoms with Gasteiger partial charge in [0.05, 0.1) is 17.2 Å². The predicted molar refractivity (Wildman–Crippen MR) is 98.5 cm³/mol. The Morgan fingerprint density at radius 2 is 2.12 bits per heavy atom. The number of H-pyrrole nitrogens is 1. The second-order valence-corrected chi connectivity index (χ2v) is 7.18. The van der Waals surface area contributed by atoms with E-state index in [-0.39, 0.29) is 27.9 Å². The average Bonchev–Trinajstić information content (AvgIpc) is 2.92. The van der Waals surface area contributed by atoms with Crippen LogP contribution < -0.4 is 10.9 Å². The first kappa shape index (κ1) is 16.9. The summed E-state index contributed by atoms with van der Waals surface area (Å²) in [6, 6.07) is 7.63. The number of nitrogens with one attached hydrogen (secondary N) is 2. The van der Waals surface area contributed by atoms with Crippen molar-refractivity contribution in [2.75, 3.05) is 11.1 Å². The largest absolute Gasteiger partial charge is 0.329 e. The Morgan fingerprint density at radius 1 is 1.27 bits per heavy atom. The summed E-state index contributed by atoms with van der Waals surface area (Å²) in [5.74, 6) is -0.308. The van der Waals surface area contributed by atoms with E-state index in [0.717, 1.165) is 0 Å². The van der Waals surface area contributed by atoms with Crippen LogP contribution in [0.25, 0.3) is 5.69 Å². The minimum Gasteiger partial charge on any atom is -0.329 e. The zero-order valence-corrected chi connectivity index (χ0v) is 14.8. The molecule has 132 valence electrons. The second kappa shape index (κ2) is 6.62. The van der Waals surface area contributed by atoms with Crippen molar-refractivity contribution in [1.29, 1.82) is 0 Å². The lowest BCUT2D eigenvalue weighted by atomic mass is 10.1. The molecule has 26 heavy (non-hydrogen) atoms. The highest BCUT2D eigenvalue weighted by Crippen LogP contribution is 2.41. The number of carbonyl (C=O) groups excluding carboxylic acids is 1. The summed E-state index contributed by atoms with van der Waals surface area (Å²) in [5, 5.41) is 6.85. The molecule has 0 unspecified atom stereocenters. The van der Waals surface area contributed by atoms with Crippen LogP contribution in [0.2, 0.25) is 5.02 Å². The maximum atomic E-state index is 14.3. The molecule has 9 heteroatoms. The number of anilines is 1. The van der Waals surface area contributed by atoms with Crippen LogP contribution in [0, 0.1) is 5.82 Å². The van der Waals surface area contributed by atoms with Gasteiger partial charge in [0.1, 0.15) is 17.3 Å². The molecule has 0 spiro atoms. The number of pyridine rings is 1. The monoisotopic (exact) mass is 390 g/mol. The van der Waals surface area contributed by atoms with Crippen LogP contribution in [0.4, 0.5) is 10.2 Å². The van der Waals surface area contributed by atoms with Crippen LogP contribution in [0.1, 0.15) is 16.4 Å². The number of thioether (sulfide) groups is 1. The standard InChI is InChI=1S/C17H12ClFN4O2S/c18-9-3-4-13(12(19)6-9)23-16-11(7-21-23)15(26-8-14(24)22-16)10-2-1-5-20-17(10)25/h1-7,15H,8H2,(H,20,25)(H,22,24)/t15-/m0/s1. The van der Waals surface area contributed by atoms with E-state index in [9.17, 15) is 14.0 Å². The molecule has 3 aromatic rings. The minimum absolute atomic E-state index is 0.156. The number of hydrogen-bond acceptors (Lipinski definition) is 4. The highest BCUT2D eigenvalue weighted by Gasteiger charge is 2.30. The lowest BCUT2D eigenvalue weighted by Gasteiger charge is -2.13. The van der Waals surface area contributed by atoms with Crippen LogP contribution in [0.5, 0.6) is 0 Å². The summed E-state index contributed by atoms with van der Waals surface area (Å²) in [7, 11) is 0. The molecule has 2 aromatic heterocycles. The Labute approximate surface area is 156 Å². The van der Waals surface area contributed by atoms with Crippen molar-refractivity contribution >= 4 is 35.1 Å². The summed E-state index contributed by atoms with van der Waals surface area (Å²) in [6.07, 6.45) is 3.09. The third-order valence-corrected chi connectivity index (χ3v) is 5.49. The quantitative estimate of drug-likeness (QED) is 0.704. The van der Waals surface area contributed by atoms with E-state index in [1.54, 1.807) is 30.6 Å². The first-order valence-corrected chi connectivity index (χ1v) is 9.09. The molecule has 1 aliphatic heterocycles. The summed E-state index contributed by atoms with van der Waals surface area (Å²) in [4.78, 5) is 27.0. The molecule has 1 aliphatic rings. The number of aromatic nitrogens is 3. The fraction of sp³-hybridized carbons (Fsp3) is 0.118. The molecule has 0 saturated heterocycles. The number of hydrogen-bond donors (Lipinski definition) is 2. The van der Waals surface area contributed by atoms with Crippen LogP contribution in [0.15, 0.2) is 47.5 Å². The Balaban J connectivity index is 1.89. The number of benzene rings is 1.